The van der Waals surface area contributed by atoms with Gasteiger partial charge in [-0.05, 0) is 69.0 Å². The van der Waals surface area contributed by atoms with E-state index in [0.29, 0.717) is 0 Å². The Kier molecular flexibility index (Phi) is 23.4. The van der Waals surface area contributed by atoms with Gasteiger partial charge in [0.25, 0.3) is 0 Å². The number of rotatable bonds is 5. The number of nitrogens with zero attached hydrogens (tertiary/aromatic N) is 3. The third-order valence-electron chi connectivity index (χ3n) is 7.57. The minimum Gasteiger partial charge on any atom is -0.397 e. The van der Waals surface area contributed by atoms with Crippen molar-refractivity contribution in [3.05, 3.63) is 59.7 Å². The Balaban J connectivity index is 0.000000595. The first-order chi connectivity index (χ1) is 19.0. The van der Waals surface area contributed by atoms with Gasteiger partial charge in [0.1, 0.15) is 0 Å². The molecule has 2 aromatic carbocycles. The van der Waals surface area contributed by atoms with Gasteiger partial charge in [-0.1, -0.05) is 63.6 Å². The van der Waals surface area contributed by atoms with Gasteiger partial charge < -0.3 is 24.7 Å². The van der Waals surface area contributed by atoms with E-state index in [-0.39, 0.29) is 31.0 Å². The fraction of sp³-hybridized carbons (Fsp3) is 0.636. The van der Waals surface area contributed by atoms with E-state index in [0.717, 1.165) is 36.8 Å². The van der Waals surface area contributed by atoms with Crippen LogP contribution < -0.4 is 15.1 Å². The first-order valence-electron chi connectivity index (χ1n) is 14.9. The van der Waals surface area contributed by atoms with Gasteiger partial charge in [0.2, 0.25) is 0 Å². The number of nitrogens with one attached hydrogen (secondary N) is 1. The topological polar surface area (TPSA) is 38.7 Å². The number of unbranched alkanes of at least 4 members (excludes halogenated alkanes) is 1. The normalized spacial score (nSPS) is 16.9. The van der Waals surface area contributed by atoms with Crippen LogP contribution in [0.4, 0.5) is 11.4 Å². The molecular weight excluding hydrogens is 708 g/mol. The smallest absolute Gasteiger partial charge is 0.0965 e. The van der Waals surface area contributed by atoms with Crippen LogP contribution in [0.1, 0.15) is 51.2 Å². The molecule has 3 fully saturated rings. The summed E-state index contributed by atoms with van der Waals surface area (Å²) in [5.41, 5.74) is 5.50. The van der Waals surface area contributed by atoms with Gasteiger partial charge in [0.15, 0.2) is 0 Å². The van der Waals surface area contributed by atoms with Crippen molar-refractivity contribution in [2.24, 2.45) is 0 Å². The fourth-order valence-electron chi connectivity index (χ4n) is 5.36. The second-order valence-electron chi connectivity index (χ2n) is 10.7. The number of alkyl halides is 2. The molecular formula is C33H58Br3N4O+. The average molecular weight is 767 g/mol. The number of hydrogen-bond donors (Lipinski definition) is 2. The van der Waals surface area contributed by atoms with Crippen LogP contribution in [-0.2, 0) is 0 Å². The Morgan fingerprint density at radius 1 is 0.756 bits per heavy atom. The lowest BCUT2D eigenvalue weighted by Crippen LogP contribution is -2.58. The third-order valence-corrected chi connectivity index (χ3v) is 8.69. The molecule has 5 rings (SSSR count). The van der Waals surface area contributed by atoms with E-state index in [4.69, 9.17) is 5.11 Å². The number of aliphatic hydroxyl groups is 1. The Hall–Kier alpha value is -0.640. The summed E-state index contributed by atoms with van der Waals surface area (Å²) in [4.78, 5) is 5.00. The lowest BCUT2D eigenvalue weighted by atomic mass is 10.2. The van der Waals surface area contributed by atoms with E-state index in [9.17, 15) is 0 Å². The molecule has 2 N–H and O–H groups in total. The van der Waals surface area contributed by atoms with Gasteiger partial charge in [0.05, 0.1) is 39.3 Å². The molecule has 0 unspecified atom stereocenters. The molecule has 0 aromatic heterocycles. The zero-order chi connectivity index (χ0) is 28.3. The summed E-state index contributed by atoms with van der Waals surface area (Å²) in [6.07, 6.45) is 5.46. The molecule has 8 heteroatoms. The van der Waals surface area contributed by atoms with Crippen molar-refractivity contribution in [3.63, 3.8) is 0 Å². The highest BCUT2D eigenvalue weighted by molar-refractivity contribution is 9.09. The van der Waals surface area contributed by atoms with E-state index >= 15 is 0 Å². The number of aryl methyl sites for hydroxylation is 2. The summed E-state index contributed by atoms with van der Waals surface area (Å²) >= 11 is 6.66. The molecule has 3 aliphatic heterocycles. The molecule has 3 heterocycles. The Labute approximate surface area is 279 Å². The highest BCUT2D eigenvalue weighted by Crippen LogP contribution is 2.25. The largest absolute Gasteiger partial charge is 0.397 e. The van der Waals surface area contributed by atoms with Crippen LogP contribution in [-0.4, -0.2) is 92.3 Å². The van der Waals surface area contributed by atoms with Gasteiger partial charge in [-0.15, -0.1) is 17.0 Å². The second-order valence-corrected chi connectivity index (χ2v) is 12.3. The summed E-state index contributed by atoms with van der Waals surface area (Å²) in [6.45, 7) is 18.8. The molecule has 0 bridgehead atoms. The van der Waals surface area contributed by atoms with E-state index in [1.54, 1.807) is 6.92 Å². The number of hydrogen-bond acceptors (Lipinski definition) is 4. The second kappa shape index (κ2) is 23.8. The number of benzene rings is 2. The molecule has 0 aliphatic carbocycles. The van der Waals surface area contributed by atoms with Crippen LogP contribution in [0.5, 0.6) is 0 Å². The van der Waals surface area contributed by atoms with Crippen LogP contribution in [0.15, 0.2) is 48.5 Å². The molecule has 0 amide bonds. The van der Waals surface area contributed by atoms with Crippen molar-refractivity contribution in [3.8, 4) is 0 Å². The lowest BCUT2D eigenvalue weighted by Gasteiger charge is -2.42. The maximum atomic E-state index is 7.57. The van der Waals surface area contributed by atoms with Crippen molar-refractivity contribution in [1.29, 1.82) is 0 Å². The zero-order valence-electron chi connectivity index (χ0n) is 25.1. The molecule has 236 valence electrons. The van der Waals surface area contributed by atoms with Gasteiger partial charge in [0, 0.05) is 67.7 Å². The lowest BCUT2D eigenvalue weighted by molar-refractivity contribution is -0.917. The highest BCUT2D eigenvalue weighted by atomic mass is 79.9. The molecule has 0 atom stereocenters. The monoisotopic (exact) mass is 763 g/mol. The molecule has 41 heavy (non-hydrogen) atoms. The highest BCUT2D eigenvalue weighted by Gasteiger charge is 2.35. The van der Waals surface area contributed by atoms with E-state index in [1.165, 1.54) is 91.9 Å². The van der Waals surface area contributed by atoms with Gasteiger partial charge >= 0.3 is 0 Å². The third kappa shape index (κ3) is 15.6. The molecule has 3 aliphatic rings. The van der Waals surface area contributed by atoms with Crippen molar-refractivity contribution in [1.82, 2.24) is 5.32 Å². The first kappa shape index (κ1) is 40.4. The maximum absolute atomic E-state index is 7.57. The first-order valence-corrected chi connectivity index (χ1v) is 17.1. The predicted molar refractivity (Wildman–Crippen MR) is 195 cm³/mol. The number of piperazine rings is 2. The molecule has 0 radical (unpaired) electrons. The van der Waals surface area contributed by atoms with Gasteiger partial charge in [-0.25, -0.2) is 0 Å². The van der Waals surface area contributed by atoms with E-state index < -0.39 is 0 Å². The van der Waals surface area contributed by atoms with Crippen LogP contribution in [0.2, 0.25) is 0 Å². The van der Waals surface area contributed by atoms with E-state index in [2.05, 4.69) is 109 Å². The Morgan fingerprint density at radius 2 is 1.17 bits per heavy atom. The average Bonchev–Trinajstić information content (AvgIpc) is 3.42. The van der Waals surface area contributed by atoms with Crippen molar-refractivity contribution >= 4 is 60.2 Å². The maximum Gasteiger partial charge on any atom is 0.0965 e. The quantitative estimate of drug-likeness (QED) is 0.187. The summed E-state index contributed by atoms with van der Waals surface area (Å²) < 4.78 is 1.41. The summed E-state index contributed by atoms with van der Waals surface area (Å²) in [6, 6.07) is 17.7. The molecule has 2 aromatic rings. The van der Waals surface area contributed by atoms with Crippen LogP contribution in [0.3, 0.4) is 0 Å². The van der Waals surface area contributed by atoms with Crippen LogP contribution >= 0.6 is 48.8 Å². The van der Waals surface area contributed by atoms with Crippen molar-refractivity contribution < 1.29 is 9.59 Å². The fourth-order valence-corrected chi connectivity index (χ4v) is 6.16. The molecule has 1 spiro atoms. The number of aliphatic hydroxyl groups excluding tert-OH is 1. The summed E-state index contributed by atoms with van der Waals surface area (Å²) in [5, 5.41) is 13.2. The zero-order valence-corrected chi connectivity index (χ0v) is 30.0. The Morgan fingerprint density at radius 3 is 1.56 bits per heavy atom. The molecule has 3 saturated heterocycles. The minimum absolute atomic E-state index is 0. The SMILES string of the molecule is Br.BrCCCCBr.C.CCO.Cc1cccc(N2CCNCC2)c1.Cc1cccc(N2CC[N+]3(CCCC3)CC2)c1. The minimum atomic E-state index is 0. The summed E-state index contributed by atoms with van der Waals surface area (Å²) in [5.74, 6) is 0. The predicted octanol–water partition coefficient (Wildman–Crippen LogP) is 7.60. The number of anilines is 2. The number of quaternary nitrogens is 1. The van der Waals surface area contributed by atoms with Crippen LogP contribution in [0.25, 0.3) is 0 Å². The van der Waals surface area contributed by atoms with Gasteiger partial charge in [-0.3, -0.25) is 0 Å². The van der Waals surface area contributed by atoms with Crippen molar-refractivity contribution in [2.75, 3.05) is 92.5 Å². The van der Waals surface area contributed by atoms with Crippen LogP contribution in [0, 0.1) is 13.8 Å². The van der Waals surface area contributed by atoms with E-state index in [1.807, 2.05) is 0 Å². The summed E-state index contributed by atoms with van der Waals surface area (Å²) in [7, 11) is 0. The standard InChI is InChI=1S/C15H23N2.C11H16N2.C4H8Br2.C2H6O.CH4.BrH/c1-14-5-4-6-15(13-14)16-7-11-17(12-8-16)9-2-3-10-17;1-10-3-2-4-11(9-10)13-7-5-12-6-8-13;5-3-1-2-4-6;1-2-3;;/h4-6,13H,2-3,7-12H2,1H3;2-4,9,12H,5-8H2,1H3;1-4H2;3H,2H2,1H3;1H4;1H/q+1;;;;;. The molecule has 5 nitrogen and oxygen atoms in total. The van der Waals surface area contributed by atoms with Gasteiger partial charge in [-0.2, -0.15) is 0 Å². The number of halogens is 3. The Bertz CT molecular complexity index is 892. The van der Waals surface area contributed by atoms with Crippen molar-refractivity contribution in [2.45, 2.75) is 53.9 Å². The molecule has 0 saturated carbocycles.